The molecule has 1 spiro atoms. The van der Waals surface area contributed by atoms with E-state index in [1.807, 2.05) is 24.3 Å². The zero-order valence-electron chi connectivity index (χ0n) is 19.9. The molecule has 0 aromatic heterocycles. The molecule has 7 nitrogen and oxygen atoms in total. The maximum Gasteiger partial charge on any atom is 0.309 e. The van der Waals surface area contributed by atoms with Crippen molar-refractivity contribution in [1.82, 2.24) is 9.80 Å². The molecule has 2 heterocycles. The fourth-order valence-corrected chi connectivity index (χ4v) is 5.49. The molecular formula is C26H36N2O5. The van der Waals surface area contributed by atoms with Gasteiger partial charge in [-0.2, -0.15) is 0 Å². The maximum atomic E-state index is 13.7. The summed E-state index contributed by atoms with van der Waals surface area (Å²) in [5, 5.41) is 0. The minimum absolute atomic E-state index is 0.0710. The van der Waals surface area contributed by atoms with Gasteiger partial charge in [0.05, 0.1) is 19.1 Å². The van der Waals surface area contributed by atoms with Crippen LogP contribution in [0.15, 0.2) is 24.3 Å². The van der Waals surface area contributed by atoms with E-state index < -0.39 is 11.8 Å². The van der Waals surface area contributed by atoms with E-state index >= 15 is 0 Å². The highest BCUT2D eigenvalue weighted by Crippen LogP contribution is 2.42. The number of rotatable bonds is 5. The fraction of sp³-hybridized carbons (Fsp3) is 0.654. The highest BCUT2D eigenvalue weighted by Gasteiger charge is 2.53. The predicted octanol–water partition coefficient (Wildman–Crippen LogP) is 3.55. The van der Waals surface area contributed by atoms with Crippen LogP contribution >= 0.6 is 0 Å². The first-order chi connectivity index (χ1) is 16.0. The van der Waals surface area contributed by atoms with Gasteiger partial charge >= 0.3 is 5.97 Å². The first kappa shape index (κ1) is 23.7. The van der Waals surface area contributed by atoms with Gasteiger partial charge in [-0.15, -0.1) is 0 Å². The molecule has 1 saturated carbocycles. The molecule has 2 aliphatic heterocycles. The monoisotopic (exact) mass is 456 g/mol. The second kappa shape index (κ2) is 10.2. The predicted molar refractivity (Wildman–Crippen MR) is 123 cm³/mol. The van der Waals surface area contributed by atoms with Crippen LogP contribution in [0.2, 0.25) is 0 Å². The molecule has 1 atom stereocenters. The number of amides is 2. The van der Waals surface area contributed by atoms with Crippen LogP contribution in [-0.4, -0.2) is 65.7 Å². The molecule has 180 valence electrons. The third kappa shape index (κ3) is 4.79. The van der Waals surface area contributed by atoms with Crippen LogP contribution in [0.25, 0.3) is 0 Å². The number of piperidine rings is 1. The molecule has 1 aromatic carbocycles. The number of likely N-dealkylation sites (tertiary alicyclic amines) is 1. The molecule has 7 heteroatoms. The van der Waals surface area contributed by atoms with Crippen LogP contribution in [0.4, 0.5) is 0 Å². The Labute approximate surface area is 196 Å². The van der Waals surface area contributed by atoms with Gasteiger partial charge in [0.25, 0.3) is 5.91 Å². The van der Waals surface area contributed by atoms with Crippen LogP contribution in [0.5, 0.6) is 0 Å². The summed E-state index contributed by atoms with van der Waals surface area (Å²) in [6.07, 6.45) is 6.73. The van der Waals surface area contributed by atoms with E-state index in [4.69, 9.17) is 9.47 Å². The molecule has 0 N–H and O–H groups in total. The Kier molecular flexibility index (Phi) is 7.37. The molecule has 33 heavy (non-hydrogen) atoms. The van der Waals surface area contributed by atoms with Crippen molar-refractivity contribution in [1.29, 1.82) is 0 Å². The molecule has 0 unspecified atom stereocenters. The average Bonchev–Trinajstić information content (AvgIpc) is 3.21. The molecule has 4 rings (SSSR count). The van der Waals surface area contributed by atoms with Crippen molar-refractivity contribution in [3.63, 3.8) is 0 Å². The van der Waals surface area contributed by atoms with Crippen LogP contribution < -0.4 is 0 Å². The van der Waals surface area contributed by atoms with Crippen molar-refractivity contribution >= 4 is 17.8 Å². The van der Waals surface area contributed by atoms with Gasteiger partial charge in [0, 0.05) is 18.7 Å². The Morgan fingerprint density at radius 1 is 1.03 bits per heavy atom. The molecular weight excluding hydrogens is 420 g/mol. The SMILES string of the molecule is CCOC(=O)C1CCN(C(=O)[C@H]2COC3(CCCCC3)N2C(=O)c2ccc(CC)cc2)CC1. The summed E-state index contributed by atoms with van der Waals surface area (Å²) in [6, 6.07) is 7.06. The van der Waals surface area contributed by atoms with E-state index in [1.54, 1.807) is 16.7 Å². The Balaban J connectivity index is 1.53. The lowest BCUT2D eigenvalue weighted by Gasteiger charge is -2.42. The van der Waals surface area contributed by atoms with Gasteiger partial charge in [-0.3, -0.25) is 19.3 Å². The Hall–Kier alpha value is -2.41. The number of aryl methyl sites for hydroxylation is 1. The fourth-order valence-electron chi connectivity index (χ4n) is 5.49. The molecule has 2 amide bonds. The third-order valence-corrected chi connectivity index (χ3v) is 7.43. The van der Waals surface area contributed by atoms with Crippen molar-refractivity contribution in [2.75, 3.05) is 26.3 Å². The number of benzene rings is 1. The zero-order valence-corrected chi connectivity index (χ0v) is 19.9. The van der Waals surface area contributed by atoms with Gasteiger partial charge < -0.3 is 14.4 Å². The first-order valence-corrected chi connectivity index (χ1v) is 12.5. The van der Waals surface area contributed by atoms with E-state index in [0.29, 0.717) is 38.1 Å². The number of esters is 1. The average molecular weight is 457 g/mol. The summed E-state index contributed by atoms with van der Waals surface area (Å²) in [5.74, 6) is -0.536. The molecule has 0 radical (unpaired) electrons. The quantitative estimate of drug-likeness (QED) is 0.634. The Morgan fingerprint density at radius 2 is 1.70 bits per heavy atom. The highest BCUT2D eigenvalue weighted by atomic mass is 16.5. The summed E-state index contributed by atoms with van der Waals surface area (Å²) in [7, 11) is 0. The van der Waals surface area contributed by atoms with Crippen LogP contribution in [0.1, 0.15) is 74.7 Å². The number of carbonyl (C=O) groups excluding carboxylic acids is 3. The van der Waals surface area contributed by atoms with Crippen molar-refractivity contribution < 1.29 is 23.9 Å². The number of ether oxygens (including phenoxy) is 2. The number of hydrogen-bond donors (Lipinski definition) is 0. The molecule has 2 saturated heterocycles. The number of hydrogen-bond acceptors (Lipinski definition) is 5. The minimum Gasteiger partial charge on any atom is -0.466 e. The van der Waals surface area contributed by atoms with Gasteiger partial charge in [0.2, 0.25) is 5.91 Å². The van der Waals surface area contributed by atoms with Crippen molar-refractivity contribution in [2.24, 2.45) is 5.92 Å². The second-order valence-corrected chi connectivity index (χ2v) is 9.41. The van der Waals surface area contributed by atoms with E-state index in [1.165, 1.54) is 5.56 Å². The van der Waals surface area contributed by atoms with Crippen LogP contribution in [0.3, 0.4) is 0 Å². The summed E-state index contributed by atoms with van der Waals surface area (Å²) in [5.41, 5.74) is 1.08. The zero-order chi connectivity index (χ0) is 23.4. The van der Waals surface area contributed by atoms with Gasteiger partial charge in [-0.25, -0.2) is 0 Å². The molecule has 1 aromatic rings. The summed E-state index contributed by atoms with van der Waals surface area (Å²) in [6.45, 7) is 5.49. The normalized spacial score (nSPS) is 23.0. The van der Waals surface area contributed by atoms with E-state index in [9.17, 15) is 14.4 Å². The van der Waals surface area contributed by atoms with Crippen molar-refractivity contribution in [3.8, 4) is 0 Å². The molecule has 3 fully saturated rings. The minimum atomic E-state index is -0.692. The van der Waals surface area contributed by atoms with Gasteiger partial charge in [-0.1, -0.05) is 25.5 Å². The smallest absolute Gasteiger partial charge is 0.309 e. The lowest BCUT2D eigenvalue weighted by molar-refractivity contribution is -0.151. The largest absolute Gasteiger partial charge is 0.466 e. The lowest BCUT2D eigenvalue weighted by atomic mass is 9.89. The Morgan fingerprint density at radius 3 is 2.30 bits per heavy atom. The molecule has 1 aliphatic carbocycles. The third-order valence-electron chi connectivity index (χ3n) is 7.43. The van der Waals surface area contributed by atoms with E-state index in [0.717, 1.165) is 38.5 Å². The lowest BCUT2D eigenvalue weighted by Crippen LogP contribution is -2.57. The highest BCUT2D eigenvalue weighted by molar-refractivity contribution is 5.98. The van der Waals surface area contributed by atoms with Gasteiger partial charge in [-0.05, 0) is 69.6 Å². The van der Waals surface area contributed by atoms with E-state index in [2.05, 4.69) is 6.92 Å². The Bertz CT molecular complexity index is 854. The summed E-state index contributed by atoms with van der Waals surface area (Å²) in [4.78, 5) is 43.0. The second-order valence-electron chi connectivity index (χ2n) is 9.41. The van der Waals surface area contributed by atoms with Crippen molar-refractivity contribution in [2.45, 2.75) is 77.0 Å². The topological polar surface area (TPSA) is 76.2 Å². The summed E-state index contributed by atoms with van der Waals surface area (Å²) < 4.78 is 11.4. The van der Waals surface area contributed by atoms with Gasteiger partial charge in [0.1, 0.15) is 11.8 Å². The number of nitrogens with zero attached hydrogens (tertiary/aromatic N) is 2. The van der Waals surface area contributed by atoms with E-state index in [-0.39, 0.29) is 30.3 Å². The standard InChI is InChI=1S/C26H36N2O5/c1-3-19-8-10-20(11-9-19)23(29)28-22(18-33-26(28)14-6-5-7-15-26)24(30)27-16-12-21(13-17-27)25(31)32-4-2/h8-11,21-22H,3-7,12-18H2,1-2H3/t22-/m1/s1. The summed E-state index contributed by atoms with van der Waals surface area (Å²) >= 11 is 0. The molecule has 3 aliphatic rings. The molecule has 0 bridgehead atoms. The first-order valence-electron chi connectivity index (χ1n) is 12.5. The van der Waals surface area contributed by atoms with Crippen molar-refractivity contribution in [3.05, 3.63) is 35.4 Å². The maximum absolute atomic E-state index is 13.7. The number of carbonyl (C=O) groups is 3. The van der Waals surface area contributed by atoms with Crippen LogP contribution in [-0.2, 0) is 25.5 Å². The van der Waals surface area contributed by atoms with Crippen LogP contribution in [0, 0.1) is 5.92 Å². The van der Waals surface area contributed by atoms with Gasteiger partial charge in [0.15, 0.2) is 0 Å².